The fraction of sp³-hybridized carbons (Fsp3) is 1.00. The Balaban J connectivity index is 2.29. The van der Waals surface area contributed by atoms with Crippen LogP contribution in [0.3, 0.4) is 0 Å². The fourth-order valence-electron chi connectivity index (χ4n) is 3.28. The van der Waals surface area contributed by atoms with Crippen LogP contribution in [0.1, 0.15) is 53.9 Å². The first-order valence-electron chi connectivity index (χ1n) is 6.60. The Hall–Kier alpha value is -0.0400. The maximum Gasteiger partial charge on any atom is -0.00201 e. The molecular formula is C14H29N. The summed E-state index contributed by atoms with van der Waals surface area (Å²) in [4.78, 5) is 0. The van der Waals surface area contributed by atoms with Crippen LogP contribution in [0.2, 0.25) is 0 Å². The zero-order chi connectivity index (χ0) is 11.5. The lowest BCUT2D eigenvalue weighted by Gasteiger charge is -2.39. The smallest absolute Gasteiger partial charge is 0.00201 e. The molecule has 0 amide bonds. The largest absolute Gasteiger partial charge is 0.316 e. The monoisotopic (exact) mass is 211 g/mol. The standard InChI is InChI=1S/C14H29N/c1-11(2)9-15-10-13-6-12(3)7-14(4,5)8-13/h11-13,15H,6-10H2,1-5H3. The van der Waals surface area contributed by atoms with Crippen LogP contribution in [0.4, 0.5) is 0 Å². The van der Waals surface area contributed by atoms with Crippen LogP contribution in [0.25, 0.3) is 0 Å². The topological polar surface area (TPSA) is 12.0 Å². The Morgan fingerprint density at radius 3 is 2.47 bits per heavy atom. The lowest BCUT2D eigenvalue weighted by atomic mass is 9.68. The van der Waals surface area contributed by atoms with Crippen molar-refractivity contribution in [2.24, 2.45) is 23.2 Å². The van der Waals surface area contributed by atoms with Gasteiger partial charge in [-0.15, -0.1) is 0 Å². The maximum atomic E-state index is 3.61. The SMILES string of the molecule is CC(C)CNCC1CC(C)CC(C)(C)C1. The molecule has 1 nitrogen and oxygen atoms in total. The van der Waals surface area contributed by atoms with Gasteiger partial charge >= 0.3 is 0 Å². The van der Waals surface area contributed by atoms with Crippen molar-refractivity contribution in [3.63, 3.8) is 0 Å². The molecule has 1 aliphatic carbocycles. The molecule has 0 aromatic carbocycles. The molecule has 15 heavy (non-hydrogen) atoms. The van der Waals surface area contributed by atoms with E-state index in [1.165, 1.54) is 32.4 Å². The van der Waals surface area contributed by atoms with E-state index in [2.05, 4.69) is 39.9 Å². The molecule has 90 valence electrons. The predicted molar refractivity (Wildman–Crippen MR) is 68.0 cm³/mol. The van der Waals surface area contributed by atoms with Crippen molar-refractivity contribution in [3.8, 4) is 0 Å². The summed E-state index contributed by atoms with van der Waals surface area (Å²) < 4.78 is 0. The molecule has 0 spiro atoms. The molecule has 2 unspecified atom stereocenters. The van der Waals surface area contributed by atoms with Crippen LogP contribution < -0.4 is 5.32 Å². The fourth-order valence-corrected chi connectivity index (χ4v) is 3.28. The van der Waals surface area contributed by atoms with Crippen LogP contribution in [-0.2, 0) is 0 Å². The molecule has 1 saturated carbocycles. The molecule has 0 radical (unpaired) electrons. The molecule has 0 aromatic rings. The Morgan fingerprint density at radius 1 is 1.27 bits per heavy atom. The molecule has 0 aromatic heterocycles. The predicted octanol–water partition coefficient (Wildman–Crippen LogP) is 3.69. The van der Waals surface area contributed by atoms with Crippen molar-refractivity contribution in [3.05, 3.63) is 0 Å². The van der Waals surface area contributed by atoms with E-state index < -0.39 is 0 Å². The Labute approximate surface area is 96.0 Å². The number of hydrogen-bond acceptors (Lipinski definition) is 1. The van der Waals surface area contributed by atoms with Crippen LogP contribution >= 0.6 is 0 Å². The van der Waals surface area contributed by atoms with E-state index in [4.69, 9.17) is 0 Å². The molecule has 1 N–H and O–H groups in total. The number of nitrogens with one attached hydrogen (secondary N) is 1. The lowest BCUT2D eigenvalue weighted by Crippen LogP contribution is -2.34. The van der Waals surface area contributed by atoms with Crippen LogP contribution in [0.15, 0.2) is 0 Å². The van der Waals surface area contributed by atoms with Crippen molar-refractivity contribution in [1.82, 2.24) is 5.32 Å². The molecule has 1 aliphatic rings. The summed E-state index contributed by atoms with van der Waals surface area (Å²) in [6.45, 7) is 14.2. The van der Waals surface area contributed by atoms with Gasteiger partial charge in [-0.05, 0) is 55.5 Å². The van der Waals surface area contributed by atoms with Gasteiger partial charge in [-0.25, -0.2) is 0 Å². The first-order chi connectivity index (χ1) is 6.89. The van der Waals surface area contributed by atoms with Gasteiger partial charge in [0.2, 0.25) is 0 Å². The van der Waals surface area contributed by atoms with Crippen LogP contribution in [0, 0.1) is 23.2 Å². The van der Waals surface area contributed by atoms with Gasteiger partial charge in [0.05, 0.1) is 0 Å². The second kappa shape index (κ2) is 5.34. The van der Waals surface area contributed by atoms with Crippen molar-refractivity contribution < 1.29 is 0 Å². The van der Waals surface area contributed by atoms with Crippen molar-refractivity contribution in [2.75, 3.05) is 13.1 Å². The van der Waals surface area contributed by atoms with Gasteiger partial charge in [0.1, 0.15) is 0 Å². The molecule has 0 bridgehead atoms. The second-order valence-electron chi connectivity index (χ2n) is 6.83. The van der Waals surface area contributed by atoms with Gasteiger partial charge in [-0.1, -0.05) is 34.6 Å². The normalized spacial score (nSPS) is 30.8. The van der Waals surface area contributed by atoms with Gasteiger partial charge < -0.3 is 5.32 Å². The Bertz CT molecular complexity index is 184. The number of hydrogen-bond donors (Lipinski definition) is 1. The molecule has 0 saturated heterocycles. The zero-order valence-electron chi connectivity index (χ0n) is 11.3. The van der Waals surface area contributed by atoms with Crippen LogP contribution in [-0.4, -0.2) is 13.1 Å². The maximum absolute atomic E-state index is 3.61. The third-order valence-corrected chi connectivity index (χ3v) is 3.46. The van der Waals surface area contributed by atoms with E-state index in [1.54, 1.807) is 0 Å². The van der Waals surface area contributed by atoms with Crippen molar-refractivity contribution >= 4 is 0 Å². The van der Waals surface area contributed by atoms with E-state index in [0.717, 1.165) is 17.8 Å². The summed E-state index contributed by atoms with van der Waals surface area (Å²) in [5.41, 5.74) is 0.571. The molecule has 1 rings (SSSR count). The lowest BCUT2D eigenvalue weighted by molar-refractivity contribution is 0.131. The minimum atomic E-state index is 0.571. The van der Waals surface area contributed by atoms with Crippen molar-refractivity contribution in [1.29, 1.82) is 0 Å². The highest BCUT2D eigenvalue weighted by atomic mass is 14.9. The van der Waals surface area contributed by atoms with Crippen molar-refractivity contribution in [2.45, 2.75) is 53.9 Å². The van der Waals surface area contributed by atoms with Crippen LogP contribution in [0.5, 0.6) is 0 Å². The summed E-state index contributed by atoms with van der Waals surface area (Å²) in [5.74, 6) is 2.60. The highest BCUT2D eigenvalue weighted by Gasteiger charge is 2.31. The molecular weight excluding hydrogens is 182 g/mol. The van der Waals surface area contributed by atoms with E-state index in [9.17, 15) is 0 Å². The first-order valence-corrected chi connectivity index (χ1v) is 6.60. The molecule has 1 fully saturated rings. The number of rotatable bonds is 4. The highest BCUT2D eigenvalue weighted by molar-refractivity contribution is 4.83. The minimum absolute atomic E-state index is 0.571. The molecule has 0 heterocycles. The van der Waals surface area contributed by atoms with E-state index >= 15 is 0 Å². The highest BCUT2D eigenvalue weighted by Crippen LogP contribution is 2.41. The zero-order valence-corrected chi connectivity index (χ0v) is 11.3. The van der Waals surface area contributed by atoms with Gasteiger partial charge in [-0.2, -0.15) is 0 Å². The molecule has 1 heteroatoms. The quantitative estimate of drug-likeness (QED) is 0.748. The molecule has 2 atom stereocenters. The van der Waals surface area contributed by atoms with Gasteiger partial charge in [0.25, 0.3) is 0 Å². The summed E-state index contributed by atoms with van der Waals surface area (Å²) >= 11 is 0. The van der Waals surface area contributed by atoms with Gasteiger partial charge in [0.15, 0.2) is 0 Å². The van der Waals surface area contributed by atoms with E-state index in [-0.39, 0.29) is 0 Å². The molecule has 0 aliphatic heterocycles. The second-order valence-corrected chi connectivity index (χ2v) is 6.83. The van der Waals surface area contributed by atoms with E-state index in [1.807, 2.05) is 0 Å². The summed E-state index contributed by atoms with van der Waals surface area (Å²) in [6.07, 6.45) is 4.24. The average molecular weight is 211 g/mol. The first kappa shape index (κ1) is 13.0. The average Bonchev–Trinajstić information content (AvgIpc) is 1.98. The minimum Gasteiger partial charge on any atom is -0.316 e. The van der Waals surface area contributed by atoms with Gasteiger partial charge in [-0.3, -0.25) is 0 Å². The summed E-state index contributed by atoms with van der Waals surface area (Å²) in [6, 6.07) is 0. The third kappa shape index (κ3) is 5.01. The Kier molecular flexibility index (Phi) is 4.64. The Morgan fingerprint density at radius 2 is 1.93 bits per heavy atom. The van der Waals surface area contributed by atoms with E-state index in [0.29, 0.717) is 5.41 Å². The third-order valence-electron chi connectivity index (χ3n) is 3.46. The summed E-state index contributed by atoms with van der Waals surface area (Å²) in [5, 5.41) is 3.61. The van der Waals surface area contributed by atoms with Gasteiger partial charge in [0, 0.05) is 0 Å². The summed E-state index contributed by atoms with van der Waals surface area (Å²) in [7, 11) is 0.